The van der Waals surface area contributed by atoms with Crippen molar-refractivity contribution in [3.05, 3.63) is 0 Å². The highest BCUT2D eigenvalue weighted by molar-refractivity contribution is 4.99. The summed E-state index contributed by atoms with van der Waals surface area (Å²) in [6.45, 7) is 4.18. The molecule has 1 saturated carbocycles. The van der Waals surface area contributed by atoms with Crippen LogP contribution in [-0.2, 0) is 0 Å². The Morgan fingerprint density at radius 3 is 2.53 bits per heavy atom. The molecule has 2 heteroatoms. The highest BCUT2D eigenvalue weighted by Gasteiger charge is 2.26. The molecule has 0 spiro atoms. The van der Waals surface area contributed by atoms with Gasteiger partial charge in [-0.2, -0.15) is 0 Å². The first-order valence-corrected chi connectivity index (χ1v) is 7.17. The van der Waals surface area contributed by atoms with E-state index in [1.165, 1.54) is 44.9 Å². The highest BCUT2D eigenvalue weighted by atomic mass is 15.2. The van der Waals surface area contributed by atoms with Gasteiger partial charge in [-0.25, -0.2) is 0 Å². The lowest BCUT2D eigenvalue weighted by atomic mass is 9.76. The van der Waals surface area contributed by atoms with Crippen LogP contribution in [0.1, 0.15) is 65.2 Å². The van der Waals surface area contributed by atoms with Crippen molar-refractivity contribution < 1.29 is 0 Å². The van der Waals surface area contributed by atoms with Crippen molar-refractivity contribution in [2.75, 3.05) is 0 Å². The van der Waals surface area contributed by atoms with E-state index >= 15 is 0 Å². The minimum atomic E-state index is 0.398. The van der Waals surface area contributed by atoms with E-state index in [0.29, 0.717) is 6.04 Å². The number of hydrogen-bond donors (Lipinski definition) is 2. The van der Waals surface area contributed by atoms with E-state index in [-0.39, 0.29) is 0 Å². The molecule has 1 aliphatic rings. The fourth-order valence-electron chi connectivity index (χ4n) is 2.95. The maximum Gasteiger partial charge on any atom is 0.0348 e. The summed E-state index contributed by atoms with van der Waals surface area (Å²) in [5, 5.41) is 0. The van der Waals surface area contributed by atoms with E-state index < -0.39 is 0 Å². The van der Waals surface area contributed by atoms with Crippen LogP contribution in [0.25, 0.3) is 0 Å². The zero-order valence-electron chi connectivity index (χ0n) is 11.5. The van der Waals surface area contributed by atoms with Crippen molar-refractivity contribution in [3.63, 3.8) is 0 Å². The maximum atomic E-state index is 5.64. The van der Waals surface area contributed by atoms with Gasteiger partial charge in [0.05, 0.1) is 0 Å². The number of hydrogen-bond acceptors (Lipinski definition) is 2. The molecule has 3 N–H and O–H groups in total. The van der Waals surface area contributed by atoms with E-state index in [1.54, 1.807) is 0 Å². The highest BCUT2D eigenvalue weighted by Crippen LogP contribution is 2.34. The first-order chi connectivity index (χ1) is 8.31. The second kappa shape index (κ2) is 8.55. The first kappa shape index (κ1) is 14.5. The number of hydrazine groups is 1. The second-order valence-corrected chi connectivity index (χ2v) is 5.33. The Balaban J connectivity index is 2.30. The Hall–Kier alpha value is -0.520. The Morgan fingerprint density at radius 2 is 2.00 bits per heavy atom. The summed E-state index contributed by atoms with van der Waals surface area (Å²) in [6.07, 6.45) is 10.5. The zero-order chi connectivity index (χ0) is 12.5. The van der Waals surface area contributed by atoms with Crippen LogP contribution < -0.4 is 11.3 Å². The first-order valence-electron chi connectivity index (χ1n) is 7.17. The van der Waals surface area contributed by atoms with Crippen LogP contribution in [0.3, 0.4) is 0 Å². The minimum Gasteiger partial charge on any atom is -0.271 e. The summed E-state index contributed by atoms with van der Waals surface area (Å²) < 4.78 is 0. The minimum absolute atomic E-state index is 0.398. The molecule has 1 fully saturated rings. The van der Waals surface area contributed by atoms with E-state index in [4.69, 9.17) is 5.84 Å². The number of nitrogens with one attached hydrogen (secondary N) is 1. The molecular formula is C15H28N2. The third-order valence-corrected chi connectivity index (χ3v) is 4.14. The van der Waals surface area contributed by atoms with E-state index in [0.717, 1.165) is 18.3 Å². The SMILES string of the molecule is CC#CCC(NN)C1CCC(CCCC)CC1. The molecule has 17 heavy (non-hydrogen) atoms. The molecule has 1 unspecified atom stereocenters. The van der Waals surface area contributed by atoms with Gasteiger partial charge in [0.15, 0.2) is 0 Å². The van der Waals surface area contributed by atoms with Crippen molar-refractivity contribution in [2.45, 2.75) is 71.3 Å². The van der Waals surface area contributed by atoms with Crippen molar-refractivity contribution in [1.29, 1.82) is 0 Å². The quantitative estimate of drug-likeness (QED) is 0.422. The van der Waals surface area contributed by atoms with Gasteiger partial charge in [0.1, 0.15) is 0 Å². The summed E-state index contributed by atoms with van der Waals surface area (Å²) in [7, 11) is 0. The molecular weight excluding hydrogens is 208 g/mol. The van der Waals surface area contributed by atoms with E-state index in [1.807, 2.05) is 6.92 Å². The Morgan fingerprint density at radius 1 is 1.29 bits per heavy atom. The fraction of sp³-hybridized carbons (Fsp3) is 0.867. The Bertz CT molecular complexity index is 243. The number of nitrogens with two attached hydrogens (primary N) is 1. The average Bonchev–Trinajstić information content (AvgIpc) is 2.38. The predicted molar refractivity (Wildman–Crippen MR) is 74.2 cm³/mol. The fourth-order valence-corrected chi connectivity index (χ4v) is 2.95. The van der Waals surface area contributed by atoms with Crippen LogP contribution in [0.5, 0.6) is 0 Å². The Kier molecular flexibility index (Phi) is 7.32. The van der Waals surface area contributed by atoms with Crippen LogP contribution in [-0.4, -0.2) is 6.04 Å². The predicted octanol–water partition coefficient (Wildman–Crippen LogP) is 3.23. The molecule has 0 aromatic carbocycles. The van der Waals surface area contributed by atoms with Crippen molar-refractivity contribution in [1.82, 2.24) is 5.43 Å². The molecule has 1 atom stereocenters. The molecule has 0 aromatic heterocycles. The molecule has 0 amide bonds. The van der Waals surface area contributed by atoms with Crippen LogP contribution in [0.2, 0.25) is 0 Å². The van der Waals surface area contributed by atoms with Crippen molar-refractivity contribution in [2.24, 2.45) is 17.7 Å². The number of rotatable bonds is 6. The molecule has 0 bridgehead atoms. The van der Waals surface area contributed by atoms with Gasteiger partial charge in [0.2, 0.25) is 0 Å². The van der Waals surface area contributed by atoms with Gasteiger partial charge in [-0.1, -0.05) is 39.0 Å². The normalized spacial score (nSPS) is 26.1. The van der Waals surface area contributed by atoms with Crippen LogP contribution in [0.15, 0.2) is 0 Å². The lowest BCUT2D eigenvalue weighted by Crippen LogP contribution is -2.42. The monoisotopic (exact) mass is 236 g/mol. The van der Waals surface area contributed by atoms with Gasteiger partial charge >= 0.3 is 0 Å². The zero-order valence-corrected chi connectivity index (χ0v) is 11.5. The molecule has 1 rings (SSSR count). The van der Waals surface area contributed by atoms with Gasteiger partial charge in [-0.15, -0.1) is 11.8 Å². The summed E-state index contributed by atoms with van der Waals surface area (Å²) in [5.41, 5.74) is 2.96. The van der Waals surface area contributed by atoms with E-state index in [2.05, 4.69) is 24.2 Å². The number of unbranched alkanes of at least 4 members (excludes halogenated alkanes) is 1. The second-order valence-electron chi connectivity index (χ2n) is 5.33. The van der Waals surface area contributed by atoms with Gasteiger partial charge < -0.3 is 0 Å². The summed E-state index contributed by atoms with van der Waals surface area (Å²) in [4.78, 5) is 0. The summed E-state index contributed by atoms with van der Waals surface area (Å²) >= 11 is 0. The Labute approximate surface area is 107 Å². The van der Waals surface area contributed by atoms with Crippen LogP contribution in [0, 0.1) is 23.7 Å². The molecule has 0 aliphatic heterocycles. The van der Waals surface area contributed by atoms with Gasteiger partial charge in [0, 0.05) is 12.5 Å². The van der Waals surface area contributed by atoms with Crippen molar-refractivity contribution >= 4 is 0 Å². The molecule has 0 radical (unpaired) electrons. The van der Waals surface area contributed by atoms with Crippen molar-refractivity contribution in [3.8, 4) is 11.8 Å². The average molecular weight is 236 g/mol. The summed E-state index contributed by atoms with van der Waals surface area (Å²) in [6, 6.07) is 0.398. The van der Waals surface area contributed by atoms with Gasteiger partial charge in [-0.05, 0) is 31.6 Å². The molecule has 98 valence electrons. The lowest BCUT2D eigenvalue weighted by Gasteiger charge is -2.33. The summed E-state index contributed by atoms with van der Waals surface area (Å²) in [5.74, 6) is 13.5. The molecule has 0 saturated heterocycles. The maximum absolute atomic E-state index is 5.64. The van der Waals surface area contributed by atoms with Crippen LogP contribution >= 0.6 is 0 Å². The third kappa shape index (κ3) is 5.10. The third-order valence-electron chi connectivity index (χ3n) is 4.14. The van der Waals surface area contributed by atoms with Gasteiger partial charge in [-0.3, -0.25) is 11.3 Å². The molecule has 1 aliphatic carbocycles. The standard InChI is InChI=1S/C15H28N2/c1-3-5-7-13-9-11-14(12-10-13)15(17-16)8-6-4-2/h13-15,17H,3,5,7-12,16H2,1-2H3. The van der Waals surface area contributed by atoms with Gasteiger partial charge in [0.25, 0.3) is 0 Å². The largest absolute Gasteiger partial charge is 0.271 e. The van der Waals surface area contributed by atoms with Crippen LogP contribution in [0.4, 0.5) is 0 Å². The lowest BCUT2D eigenvalue weighted by molar-refractivity contribution is 0.214. The smallest absolute Gasteiger partial charge is 0.0348 e. The van der Waals surface area contributed by atoms with E-state index in [9.17, 15) is 0 Å². The molecule has 2 nitrogen and oxygen atoms in total. The molecule has 0 aromatic rings. The topological polar surface area (TPSA) is 38.0 Å². The molecule has 0 heterocycles.